The molecule has 0 spiro atoms. The molecule has 21 heavy (non-hydrogen) atoms. The van der Waals surface area contributed by atoms with Crippen molar-refractivity contribution in [1.29, 1.82) is 0 Å². The summed E-state index contributed by atoms with van der Waals surface area (Å²) in [7, 11) is 0. The Hall–Kier alpha value is -2.02. The maximum absolute atomic E-state index is 12.3. The Morgan fingerprint density at radius 1 is 1.38 bits per heavy atom. The van der Waals surface area contributed by atoms with Crippen molar-refractivity contribution in [2.45, 2.75) is 27.2 Å². The van der Waals surface area contributed by atoms with Crippen LogP contribution in [0.4, 0.5) is 10.8 Å². The highest BCUT2D eigenvalue weighted by Crippen LogP contribution is 2.20. The number of anilines is 2. The second kappa shape index (κ2) is 7.12. The molecule has 0 unspecified atom stereocenters. The molecule has 0 atom stereocenters. The first-order chi connectivity index (χ1) is 10.1. The summed E-state index contributed by atoms with van der Waals surface area (Å²) in [5.41, 5.74) is 1.26. The molecule has 112 valence electrons. The first-order valence-corrected chi connectivity index (χ1v) is 7.73. The van der Waals surface area contributed by atoms with Crippen LogP contribution in [0.3, 0.4) is 0 Å². The van der Waals surface area contributed by atoms with E-state index >= 15 is 0 Å². The Bertz CT molecular complexity index is 611. The van der Waals surface area contributed by atoms with Crippen LogP contribution in [-0.2, 0) is 6.42 Å². The maximum Gasteiger partial charge on any atom is 0.261 e. The van der Waals surface area contributed by atoms with Crippen molar-refractivity contribution in [2.75, 3.05) is 17.2 Å². The quantitative estimate of drug-likeness (QED) is 0.858. The first kappa shape index (κ1) is 15.4. The van der Waals surface area contributed by atoms with E-state index in [0.29, 0.717) is 16.6 Å². The number of hydrogen-bond donors (Lipinski definition) is 2. The molecule has 0 aliphatic carbocycles. The average molecular weight is 305 g/mol. The van der Waals surface area contributed by atoms with Crippen LogP contribution in [0.1, 0.15) is 36.1 Å². The van der Waals surface area contributed by atoms with Gasteiger partial charge in [-0.1, -0.05) is 25.2 Å². The molecule has 6 nitrogen and oxygen atoms in total. The fourth-order valence-electron chi connectivity index (χ4n) is 1.82. The lowest BCUT2D eigenvalue weighted by atomic mass is 10.1. The van der Waals surface area contributed by atoms with E-state index in [1.165, 1.54) is 11.3 Å². The van der Waals surface area contributed by atoms with Gasteiger partial charge in [-0.15, -0.1) is 10.2 Å². The summed E-state index contributed by atoms with van der Waals surface area (Å²) in [5, 5.41) is 15.5. The molecule has 0 saturated heterocycles. The van der Waals surface area contributed by atoms with Crippen molar-refractivity contribution in [1.82, 2.24) is 15.2 Å². The normalized spacial score (nSPS) is 10.7. The number of pyridine rings is 1. The molecule has 2 rings (SSSR count). The van der Waals surface area contributed by atoms with Gasteiger partial charge in [-0.2, -0.15) is 0 Å². The Kier molecular flexibility index (Phi) is 5.21. The van der Waals surface area contributed by atoms with Crippen LogP contribution in [-0.4, -0.2) is 27.6 Å². The molecule has 0 saturated carbocycles. The van der Waals surface area contributed by atoms with Crippen molar-refractivity contribution in [3.8, 4) is 0 Å². The molecule has 2 N–H and O–H groups in total. The summed E-state index contributed by atoms with van der Waals surface area (Å²) in [6.45, 7) is 6.96. The van der Waals surface area contributed by atoms with E-state index in [4.69, 9.17) is 0 Å². The minimum absolute atomic E-state index is 0.230. The van der Waals surface area contributed by atoms with Gasteiger partial charge in [0, 0.05) is 25.4 Å². The van der Waals surface area contributed by atoms with E-state index in [-0.39, 0.29) is 5.91 Å². The second-order valence-corrected chi connectivity index (χ2v) is 6.07. The summed E-state index contributed by atoms with van der Waals surface area (Å²) < 4.78 is 0. The number of rotatable bonds is 6. The lowest BCUT2D eigenvalue weighted by molar-refractivity contribution is 0.102. The predicted octanol–water partition coefficient (Wildman–Crippen LogP) is 2.82. The average Bonchev–Trinajstić information content (AvgIpc) is 2.86. The summed E-state index contributed by atoms with van der Waals surface area (Å²) in [6, 6.07) is 1.78. The maximum atomic E-state index is 12.3. The lowest BCUT2D eigenvalue weighted by Gasteiger charge is -2.08. The monoisotopic (exact) mass is 305 g/mol. The molecule has 1 amide bonds. The van der Waals surface area contributed by atoms with Gasteiger partial charge in [0.2, 0.25) is 5.13 Å². The van der Waals surface area contributed by atoms with Crippen molar-refractivity contribution >= 4 is 28.1 Å². The van der Waals surface area contributed by atoms with Crippen LogP contribution in [0.2, 0.25) is 0 Å². The van der Waals surface area contributed by atoms with E-state index in [1.807, 2.05) is 6.92 Å². The number of carbonyl (C=O) groups is 1. The molecule has 0 aromatic carbocycles. The number of carbonyl (C=O) groups excluding carboxylic acids is 1. The molecule has 2 aromatic heterocycles. The highest BCUT2D eigenvalue weighted by Gasteiger charge is 2.14. The fourth-order valence-corrected chi connectivity index (χ4v) is 2.77. The highest BCUT2D eigenvalue weighted by atomic mass is 32.1. The van der Waals surface area contributed by atoms with Gasteiger partial charge in [0.1, 0.15) is 5.01 Å². The summed E-state index contributed by atoms with van der Waals surface area (Å²) in [6.07, 6.45) is 4.06. The SMILES string of the molecule is CCNc1ccncc1C(=O)Nc1nnc(CC(C)C)s1. The number of aromatic nitrogens is 3. The van der Waals surface area contributed by atoms with Crippen molar-refractivity contribution in [3.05, 3.63) is 29.0 Å². The van der Waals surface area contributed by atoms with E-state index in [0.717, 1.165) is 23.7 Å². The Morgan fingerprint density at radius 2 is 2.19 bits per heavy atom. The van der Waals surface area contributed by atoms with E-state index in [1.54, 1.807) is 18.5 Å². The largest absolute Gasteiger partial charge is 0.385 e. The molecular weight excluding hydrogens is 286 g/mol. The Morgan fingerprint density at radius 3 is 2.90 bits per heavy atom. The summed E-state index contributed by atoms with van der Waals surface area (Å²) in [4.78, 5) is 16.3. The number of amides is 1. The summed E-state index contributed by atoms with van der Waals surface area (Å²) >= 11 is 1.41. The predicted molar refractivity (Wildman–Crippen MR) is 84.8 cm³/mol. The second-order valence-electron chi connectivity index (χ2n) is 5.00. The molecule has 2 heterocycles. The van der Waals surface area contributed by atoms with Gasteiger partial charge < -0.3 is 5.32 Å². The van der Waals surface area contributed by atoms with Gasteiger partial charge in [-0.3, -0.25) is 15.1 Å². The van der Waals surface area contributed by atoms with Crippen molar-refractivity contribution in [3.63, 3.8) is 0 Å². The van der Waals surface area contributed by atoms with E-state index in [2.05, 4.69) is 39.7 Å². The van der Waals surface area contributed by atoms with Crippen LogP contribution >= 0.6 is 11.3 Å². The molecule has 0 bridgehead atoms. The van der Waals surface area contributed by atoms with Crippen molar-refractivity contribution < 1.29 is 4.79 Å². The van der Waals surface area contributed by atoms with E-state index < -0.39 is 0 Å². The topological polar surface area (TPSA) is 79.8 Å². The third-order valence-electron chi connectivity index (χ3n) is 2.70. The van der Waals surface area contributed by atoms with Crippen LogP contribution in [0.5, 0.6) is 0 Å². The molecule has 0 aliphatic rings. The van der Waals surface area contributed by atoms with Gasteiger partial charge in [0.15, 0.2) is 0 Å². The molecule has 0 fully saturated rings. The minimum Gasteiger partial charge on any atom is -0.385 e. The van der Waals surface area contributed by atoms with Crippen LogP contribution < -0.4 is 10.6 Å². The zero-order valence-corrected chi connectivity index (χ0v) is 13.2. The molecular formula is C14H19N5OS. The van der Waals surface area contributed by atoms with Crippen LogP contribution in [0.15, 0.2) is 18.5 Å². The highest BCUT2D eigenvalue weighted by molar-refractivity contribution is 7.15. The molecule has 2 aromatic rings. The third kappa shape index (κ3) is 4.22. The van der Waals surface area contributed by atoms with Gasteiger partial charge in [0.25, 0.3) is 5.91 Å². The Balaban J connectivity index is 2.09. The third-order valence-corrected chi connectivity index (χ3v) is 3.56. The van der Waals surface area contributed by atoms with Gasteiger partial charge >= 0.3 is 0 Å². The zero-order chi connectivity index (χ0) is 15.2. The smallest absolute Gasteiger partial charge is 0.261 e. The number of nitrogens with one attached hydrogen (secondary N) is 2. The van der Waals surface area contributed by atoms with Gasteiger partial charge in [0.05, 0.1) is 11.3 Å². The van der Waals surface area contributed by atoms with Crippen molar-refractivity contribution in [2.24, 2.45) is 5.92 Å². The van der Waals surface area contributed by atoms with Crippen LogP contribution in [0, 0.1) is 5.92 Å². The van der Waals surface area contributed by atoms with Crippen LogP contribution in [0.25, 0.3) is 0 Å². The van der Waals surface area contributed by atoms with Gasteiger partial charge in [-0.05, 0) is 18.9 Å². The molecule has 7 heteroatoms. The Labute approximate surface area is 128 Å². The number of nitrogens with zero attached hydrogens (tertiary/aromatic N) is 3. The summed E-state index contributed by atoms with van der Waals surface area (Å²) in [5.74, 6) is 0.284. The molecule has 0 aliphatic heterocycles. The minimum atomic E-state index is -0.230. The molecule has 0 radical (unpaired) electrons. The standard InChI is InChI=1S/C14H19N5OS/c1-4-16-11-5-6-15-8-10(11)13(20)17-14-19-18-12(21-14)7-9(2)3/h5-6,8-9H,4,7H2,1-3H3,(H,15,16)(H,17,19,20). The first-order valence-electron chi connectivity index (χ1n) is 6.91. The fraction of sp³-hybridized carbons (Fsp3) is 0.429. The lowest BCUT2D eigenvalue weighted by Crippen LogP contribution is -2.15. The van der Waals surface area contributed by atoms with Gasteiger partial charge in [-0.25, -0.2) is 0 Å². The zero-order valence-electron chi connectivity index (χ0n) is 12.4. The van der Waals surface area contributed by atoms with E-state index in [9.17, 15) is 4.79 Å². The number of hydrogen-bond acceptors (Lipinski definition) is 6.